The molecule has 2 fully saturated rings. The molecule has 1 atom stereocenters. The average Bonchev–Trinajstić information content (AvgIpc) is 2.95. The Bertz CT molecular complexity index is 839. The molecule has 7 heteroatoms. The quantitative estimate of drug-likeness (QED) is 0.810. The monoisotopic (exact) mass is 370 g/mol. The van der Waals surface area contributed by atoms with Gasteiger partial charge in [-0.3, -0.25) is 9.59 Å². The Balaban J connectivity index is 1.47. The van der Waals surface area contributed by atoms with Crippen LogP contribution in [0.3, 0.4) is 0 Å². The fourth-order valence-corrected chi connectivity index (χ4v) is 3.90. The van der Waals surface area contributed by atoms with Crippen LogP contribution in [0.25, 0.3) is 5.65 Å². The van der Waals surface area contributed by atoms with Gasteiger partial charge >= 0.3 is 0 Å². The van der Waals surface area contributed by atoms with Gasteiger partial charge in [0.05, 0.1) is 13.2 Å². The van der Waals surface area contributed by atoms with Gasteiger partial charge in [0.1, 0.15) is 11.3 Å². The lowest BCUT2D eigenvalue weighted by atomic mass is 10.2. The zero-order valence-electron chi connectivity index (χ0n) is 15.8. The largest absolute Gasteiger partial charge is 0.365 e. The molecule has 0 saturated carbocycles. The van der Waals surface area contributed by atoms with Crippen LogP contribution in [0.5, 0.6) is 0 Å². The van der Waals surface area contributed by atoms with Gasteiger partial charge < -0.3 is 18.9 Å². The highest BCUT2D eigenvalue weighted by molar-refractivity contribution is 5.93. The van der Waals surface area contributed by atoms with E-state index >= 15 is 0 Å². The van der Waals surface area contributed by atoms with Crippen molar-refractivity contribution in [1.82, 2.24) is 19.2 Å². The minimum absolute atomic E-state index is 0.0141. The Morgan fingerprint density at radius 3 is 2.63 bits per heavy atom. The van der Waals surface area contributed by atoms with Gasteiger partial charge in [0.2, 0.25) is 0 Å². The number of carbonyl (C=O) groups is 2. The molecule has 0 spiro atoms. The first-order chi connectivity index (χ1) is 13.1. The van der Waals surface area contributed by atoms with Gasteiger partial charge in [-0.2, -0.15) is 0 Å². The standard InChI is InChI=1S/C20H26N4O3/c1-15-7-6-10-23-13-16(21-18(15)23)19(25)24-11-12-27-17(14-24)20(26)22-8-4-2-3-5-9-22/h6-7,10,13,17H,2-5,8-9,11-12,14H2,1H3/t17-/m1/s1. The van der Waals surface area contributed by atoms with Crippen molar-refractivity contribution >= 4 is 17.5 Å². The summed E-state index contributed by atoms with van der Waals surface area (Å²) in [6.07, 6.45) is 7.51. The van der Waals surface area contributed by atoms with Gasteiger partial charge in [0.25, 0.3) is 11.8 Å². The van der Waals surface area contributed by atoms with E-state index in [2.05, 4.69) is 4.98 Å². The van der Waals surface area contributed by atoms with E-state index in [4.69, 9.17) is 4.74 Å². The molecule has 4 rings (SSSR count). The number of imidazole rings is 1. The third kappa shape index (κ3) is 3.69. The first-order valence-electron chi connectivity index (χ1n) is 9.77. The maximum absolute atomic E-state index is 12.9. The summed E-state index contributed by atoms with van der Waals surface area (Å²) in [5.74, 6) is -0.129. The highest BCUT2D eigenvalue weighted by Crippen LogP contribution is 2.17. The highest BCUT2D eigenvalue weighted by Gasteiger charge is 2.33. The number of hydrogen-bond donors (Lipinski definition) is 0. The molecular formula is C20H26N4O3. The summed E-state index contributed by atoms with van der Waals surface area (Å²) in [6, 6.07) is 3.91. The molecule has 2 amide bonds. The number of carbonyl (C=O) groups excluding carboxylic acids is 2. The number of likely N-dealkylation sites (tertiary alicyclic amines) is 1. The Hall–Kier alpha value is -2.41. The molecule has 2 aromatic heterocycles. The van der Waals surface area contributed by atoms with Crippen molar-refractivity contribution in [2.45, 2.75) is 38.7 Å². The molecule has 0 aliphatic carbocycles. The lowest BCUT2D eigenvalue weighted by molar-refractivity contribution is -0.148. The van der Waals surface area contributed by atoms with Gasteiger partial charge in [-0.1, -0.05) is 18.9 Å². The number of ether oxygens (including phenoxy) is 1. The molecule has 0 radical (unpaired) electrons. The SMILES string of the molecule is Cc1cccn2cc(C(=O)N3CCO[C@@H](C(=O)N4CCCCCC4)C3)nc12. The Kier molecular flexibility index (Phi) is 5.11. The summed E-state index contributed by atoms with van der Waals surface area (Å²) < 4.78 is 7.58. The van der Waals surface area contributed by atoms with Crippen LogP contribution in [0, 0.1) is 6.92 Å². The Morgan fingerprint density at radius 2 is 1.89 bits per heavy atom. The first-order valence-corrected chi connectivity index (χ1v) is 9.77. The molecule has 0 aromatic carbocycles. The number of hydrogen-bond acceptors (Lipinski definition) is 4. The number of fused-ring (bicyclic) bond motifs is 1. The molecule has 2 saturated heterocycles. The van der Waals surface area contributed by atoms with E-state index in [1.54, 1.807) is 11.1 Å². The molecule has 0 N–H and O–H groups in total. The van der Waals surface area contributed by atoms with Gasteiger partial charge in [0, 0.05) is 32.0 Å². The van der Waals surface area contributed by atoms with Crippen LogP contribution in [-0.4, -0.2) is 69.9 Å². The summed E-state index contributed by atoms with van der Waals surface area (Å²) in [4.78, 5) is 33.9. The van der Waals surface area contributed by atoms with Crippen molar-refractivity contribution in [3.63, 3.8) is 0 Å². The van der Waals surface area contributed by atoms with E-state index in [1.165, 1.54) is 12.8 Å². The topological polar surface area (TPSA) is 67.2 Å². The summed E-state index contributed by atoms with van der Waals surface area (Å²) in [6.45, 7) is 4.71. The minimum Gasteiger partial charge on any atom is -0.365 e. The Labute approximate surface area is 158 Å². The third-order valence-electron chi connectivity index (χ3n) is 5.44. The molecular weight excluding hydrogens is 344 g/mol. The second kappa shape index (κ2) is 7.68. The summed E-state index contributed by atoms with van der Waals surface area (Å²) in [5, 5.41) is 0. The summed E-state index contributed by atoms with van der Waals surface area (Å²) in [7, 11) is 0. The van der Waals surface area contributed by atoms with Crippen molar-refractivity contribution in [2.24, 2.45) is 0 Å². The van der Waals surface area contributed by atoms with E-state index in [-0.39, 0.29) is 11.8 Å². The molecule has 7 nitrogen and oxygen atoms in total. The predicted molar refractivity (Wildman–Crippen MR) is 101 cm³/mol. The second-order valence-electron chi connectivity index (χ2n) is 7.40. The number of morpholine rings is 1. The third-order valence-corrected chi connectivity index (χ3v) is 5.44. The molecule has 2 aliphatic rings. The van der Waals surface area contributed by atoms with Crippen LogP contribution in [0.2, 0.25) is 0 Å². The van der Waals surface area contributed by atoms with Crippen LogP contribution >= 0.6 is 0 Å². The minimum atomic E-state index is -0.570. The van der Waals surface area contributed by atoms with Crippen molar-refractivity contribution < 1.29 is 14.3 Å². The molecule has 144 valence electrons. The van der Waals surface area contributed by atoms with Gasteiger partial charge in [-0.05, 0) is 31.4 Å². The molecule has 2 aliphatic heterocycles. The molecule has 0 unspecified atom stereocenters. The second-order valence-corrected chi connectivity index (χ2v) is 7.40. The summed E-state index contributed by atoms with van der Waals surface area (Å²) in [5.41, 5.74) is 2.21. The number of aromatic nitrogens is 2. The Morgan fingerprint density at radius 1 is 1.11 bits per heavy atom. The average molecular weight is 370 g/mol. The van der Waals surface area contributed by atoms with Crippen molar-refractivity contribution in [2.75, 3.05) is 32.8 Å². The van der Waals surface area contributed by atoms with Crippen molar-refractivity contribution in [3.8, 4) is 0 Å². The van der Waals surface area contributed by atoms with Crippen LogP contribution in [0.4, 0.5) is 0 Å². The molecule has 4 heterocycles. The fraction of sp³-hybridized carbons (Fsp3) is 0.550. The van der Waals surface area contributed by atoms with E-state index in [1.807, 2.05) is 34.6 Å². The number of amides is 2. The zero-order chi connectivity index (χ0) is 18.8. The molecule has 27 heavy (non-hydrogen) atoms. The van der Waals surface area contributed by atoms with Gasteiger partial charge in [-0.15, -0.1) is 0 Å². The van der Waals surface area contributed by atoms with E-state index in [0.717, 1.165) is 37.1 Å². The van der Waals surface area contributed by atoms with Crippen LogP contribution in [0.15, 0.2) is 24.5 Å². The highest BCUT2D eigenvalue weighted by atomic mass is 16.5. The van der Waals surface area contributed by atoms with Crippen molar-refractivity contribution in [1.29, 1.82) is 0 Å². The normalized spacial score (nSPS) is 21.3. The summed E-state index contributed by atoms with van der Waals surface area (Å²) >= 11 is 0. The van der Waals surface area contributed by atoms with Gasteiger partial charge in [-0.25, -0.2) is 4.98 Å². The van der Waals surface area contributed by atoms with E-state index < -0.39 is 6.10 Å². The van der Waals surface area contributed by atoms with Crippen LogP contribution in [-0.2, 0) is 9.53 Å². The van der Waals surface area contributed by atoms with E-state index in [0.29, 0.717) is 25.4 Å². The van der Waals surface area contributed by atoms with E-state index in [9.17, 15) is 9.59 Å². The van der Waals surface area contributed by atoms with Gasteiger partial charge in [0.15, 0.2) is 6.10 Å². The lowest BCUT2D eigenvalue weighted by Crippen LogP contribution is -2.52. The predicted octanol–water partition coefficient (Wildman–Crippen LogP) is 1.89. The zero-order valence-corrected chi connectivity index (χ0v) is 15.8. The smallest absolute Gasteiger partial charge is 0.274 e. The van der Waals surface area contributed by atoms with Crippen molar-refractivity contribution in [3.05, 3.63) is 35.8 Å². The van der Waals surface area contributed by atoms with Crippen LogP contribution in [0.1, 0.15) is 41.7 Å². The molecule has 2 aromatic rings. The van der Waals surface area contributed by atoms with Crippen LogP contribution < -0.4 is 0 Å². The number of nitrogens with zero attached hydrogens (tertiary/aromatic N) is 4. The molecule has 0 bridgehead atoms. The fourth-order valence-electron chi connectivity index (χ4n) is 3.90. The first kappa shape index (κ1) is 18.0. The number of pyridine rings is 1. The lowest BCUT2D eigenvalue weighted by Gasteiger charge is -2.34. The number of rotatable bonds is 2. The maximum Gasteiger partial charge on any atom is 0.274 e. The maximum atomic E-state index is 12.9. The number of aryl methyl sites for hydroxylation is 1.